The summed E-state index contributed by atoms with van der Waals surface area (Å²) in [5.41, 5.74) is 2.47. The van der Waals surface area contributed by atoms with Gasteiger partial charge in [0.1, 0.15) is 5.82 Å². The van der Waals surface area contributed by atoms with E-state index in [1.54, 1.807) is 29.2 Å². The Hall–Kier alpha value is -2.67. The Kier molecular flexibility index (Phi) is 5.43. The summed E-state index contributed by atoms with van der Waals surface area (Å²) in [5.74, 6) is -0.248. The van der Waals surface area contributed by atoms with Gasteiger partial charge in [0.2, 0.25) is 0 Å². The molecular weight excluding hydrogens is 423 g/mol. The van der Waals surface area contributed by atoms with Crippen molar-refractivity contribution in [1.82, 2.24) is 14.7 Å². The Balaban J connectivity index is 1.44. The Labute approximate surface area is 171 Å². The van der Waals surface area contributed by atoms with Crippen LogP contribution < -0.4 is 4.90 Å². The van der Waals surface area contributed by atoms with Crippen LogP contribution in [0.15, 0.2) is 65.4 Å². The van der Waals surface area contributed by atoms with Gasteiger partial charge in [0.05, 0.1) is 17.4 Å². The molecule has 0 atom stereocenters. The second-order valence-corrected chi connectivity index (χ2v) is 7.67. The zero-order valence-electron chi connectivity index (χ0n) is 15.3. The van der Waals surface area contributed by atoms with Crippen LogP contribution in [0, 0.1) is 5.82 Å². The van der Waals surface area contributed by atoms with Crippen molar-refractivity contribution < 1.29 is 9.18 Å². The molecule has 28 heavy (non-hydrogen) atoms. The maximum atomic E-state index is 13.2. The van der Waals surface area contributed by atoms with Crippen LogP contribution in [0.4, 0.5) is 10.1 Å². The highest BCUT2D eigenvalue weighted by atomic mass is 79.9. The third-order valence-corrected chi connectivity index (χ3v) is 5.42. The molecule has 1 saturated heterocycles. The van der Waals surface area contributed by atoms with Crippen LogP contribution in [0.3, 0.4) is 0 Å². The van der Waals surface area contributed by atoms with Gasteiger partial charge in [-0.25, -0.2) is 9.07 Å². The number of benzene rings is 2. The summed E-state index contributed by atoms with van der Waals surface area (Å²) < 4.78 is 15.9. The van der Waals surface area contributed by atoms with Crippen LogP contribution in [0.5, 0.6) is 0 Å². The lowest BCUT2D eigenvalue weighted by Crippen LogP contribution is -2.35. The van der Waals surface area contributed by atoms with Crippen LogP contribution in [0.2, 0.25) is 0 Å². The fourth-order valence-electron chi connectivity index (χ4n) is 3.38. The Bertz CT molecular complexity index is 955. The van der Waals surface area contributed by atoms with E-state index in [0.29, 0.717) is 18.7 Å². The molecule has 1 aliphatic heterocycles. The largest absolute Gasteiger partial charge is 0.370 e. The molecule has 2 heterocycles. The molecule has 7 heteroatoms. The fraction of sp³-hybridized carbons (Fsp3) is 0.238. The number of hydrogen-bond donors (Lipinski definition) is 0. The highest BCUT2D eigenvalue weighted by molar-refractivity contribution is 9.10. The lowest BCUT2D eigenvalue weighted by Gasteiger charge is -2.23. The average Bonchev–Trinajstić information content (AvgIpc) is 3.07. The normalized spacial score (nSPS) is 14.8. The Morgan fingerprint density at radius 2 is 1.64 bits per heavy atom. The number of halogens is 2. The summed E-state index contributed by atoms with van der Waals surface area (Å²) in [7, 11) is 0. The number of carbonyl (C=O) groups excluding carboxylic acids is 1. The van der Waals surface area contributed by atoms with E-state index in [1.165, 1.54) is 12.1 Å². The molecule has 1 fully saturated rings. The van der Waals surface area contributed by atoms with Gasteiger partial charge in [0.25, 0.3) is 5.91 Å². The summed E-state index contributed by atoms with van der Waals surface area (Å²) in [6.45, 7) is 2.88. The van der Waals surface area contributed by atoms with E-state index in [-0.39, 0.29) is 11.7 Å². The molecule has 0 bridgehead atoms. The topological polar surface area (TPSA) is 41.4 Å². The van der Waals surface area contributed by atoms with Crippen molar-refractivity contribution in [2.45, 2.75) is 6.42 Å². The van der Waals surface area contributed by atoms with E-state index >= 15 is 0 Å². The lowest BCUT2D eigenvalue weighted by molar-refractivity contribution is 0.0767. The molecule has 0 N–H and O–H groups in total. The third-order valence-electron chi connectivity index (χ3n) is 4.90. The molecule has 0 aliphatic carbocycles. The summed E-state index contributed by atoms with van der Waals surface area (Å²) in [6.07, 6.45) is 4.26. The third kappa shape index (κ3) is 4.09. The fourth-order valence-corrected chi connectivity index (χ4v) is 3.65. The minimum atomic E-state index is -0.238. The van der Waals surface area contributed by atoms with Crippen molar-refractivity contribution in [3.05, 3.63) is 76.8 Å². The molecule has 0 spiro atoms. The van der Waals surface area contributed by atoms with Gasteiger partial charge in [-0.1, -0.05) is 15.9 Å². The van der Waals surface area contributed by atoms with Crippen molar-refractivity contribution in [3.8, 4) is 5.69 Å². The number of carbonyl (C=O) groups is 1. The number of amides is 1. The van der Waals surface area contributed by atoms with Gasteiger partial charge >= 0.3 is 0 Å². The summed E-state index contributed by atoms with van der Waals surface area (Å²) >= 11 is 3.42. The number of hydrogen-bond acceptors (Lipinski definition) is 3. The smallest absolute Gasteiger partial charge is 0.257 e. The predicted molar refractivity (Wildman–Crippen MR) is 110 cm³/mol. The van der Waals surface area contributed by atoms with Gasteiger partial charge in [0.15, 0.2) is 0 Å². The molecule has 0 radical (unpaired) electrons. The maximum absolute atomic E-state index is 13.2. The van der Waals surface area contributed by atoms with Crippen molar-refractivity contribution in [3.63, 3.8) is 0 Å². The van der Waals surface area contributed by atoms with Crippen LogP contribution in [0.1, 0.15) is 16.8 Å². The monoisotopic (exact) mass is 442 g/mol. The zero-order chi connectivity index (χ0) is 19.5. The standard InChI is InChI=1S/C21H20BrFN4O/c22-17-2-6-20(7-3-17)27-15-16(14-24-27)21(28)26-11-1-10-25(12-13-26)19-8-4-18(23)5-9-19/h2-9,14-15H,1,10-13H2. The molecule has 3 aromatic rings. The first-order chi connectivity index (χ1) is 13.6. The van der Waals surface area contributed by atoms with Gasteiger partial charge in [0, 0.05) is 42.5 Å². The maximum Gasteiger partial charge on any atom is 0.257 e. The highest BCUT2D eigenvalue weighted by Crippen LogP contribution is 2.19. The average molecular weight is 443 g/mol. The zero-order valence-corrected chi connectivity index (χ0v) is 16.8. The van der Waals surface area contributed by atoms with E-state index < -0.39 is 0 Å². The number of rotatable bonds is 3. The predicted octanol–water partition coefficient (Wildman–Crippen LogP) is 4.13. The van der Waals surface area contributed by atoms with E-state index in [0.717, 1.165) is 35.4 Å². The molecule has 4 rings (SSSR count). The Morgan fingerprint density at radius 1 is 0.929 bits per heavy atom. The first-order valence-electron chi connectivity index (χ1n) is 9.20. The quantitative estimate of drug-likeness (QED) is 0.612. The van der Waals surface area contributed by atoms with Crippen LogP contribution in [-0.4, -0.2) is 46.8 Å². The van der Waals surface area contributed by atoms with Gasteiger partial charge in [-0.2, -0.15) is 5.10 Å². The van der Waals surface area contributed by atoms with Crippen molar-refractivity contribution in [1.29, 1.82) is 0 Å². The second-order valence-electron chi connectivity index (χ2n) is 6.76. The van der Waals surface area contributed by atoms with E-state index in [2.05, 4.69) is 25.9 Å². The van der Waals surface area contributed by atoms with Crippen molar-refractivity contribution in [2.75, 3.05) is 31.1 Å². The highest BCUT2D eigenvalue weighted by Gasteiger charge is 2.21. The SMILES string of the molecule is O=C(c1cnn(-c2ccc(Br)cc2)c1)N1CCCN(c2ccc(F)cc2)CC1. The van der Waals surface area contributed by atoms with Gasteiger partial charge in [-0.15, -0.1) is 0 Å². The number of aromatic nitrogens is 2. The van der Waals surface area contributed by atoms with Crippen molar-refractivity contribution in [2.24, 2.45) is 0 Å². The van der Waals surface area contributed by atoms with E-state index in [4.69, 9.17) is 0 Å². The van der Waals surface area contributed by atoms with Gasteiger partial charge in [-0.3, -0.25) is 4.79 Å². The van der Waals surface area contributed by atoms with Crippen LogP contribution in [-0.2, 0) is 0 Å². The van der Waals surface area contributed by atoms with Crippen molar-refractivity contribution >= 4 is 27.5 Å². The minimum absolute atomic E-state index is 0.00989. The van der Waals surface area contributed by atoms with Crippen LogP contribution >= 0.6 is 15.9 Å². The van der Waals surface area contributed by atoms with Crippen LogP contribution in [0.25, 0.3) is 5.69 Å². The first-order valence-corrected chi connectivity index (χ1v) is 10.00. The molecule has 0 unspecified atom stereocenters. The molecule has 1 amide bonds. The molecule has 1 aromatic heterocycles. The molecule has 144 valence electrons. The minimum Gasteiger partial charge on any atom is -0.370 e. The van der Waals surface area contributed by atoms with E-state index in [1.807, 2.05) is 29.2 Å². The van der Waals surface area contributed by atoms with E-state index in [9.17, 15) is 9.18 Å². The molecule has 2 aromatic carbocycles. The number of anilines is 1. The molecule has 1 aliphatic rings. The number of nitrogens with zero attached hydrogens (tertiary/aromatic N) is 4. The molecule has 5 nitrogen and oxygen atoms in total. The lowest BCUT2D eigenvalue weighted by atomic mass is 10.2. The molecular formula is C21H20BrFN4O. The summed E-state index contributed by atoms with van der Waals surface area (Å²) in [4.78, 5) is 17.0. The van der Waals surface area contributed by atoms with Gasteiger partial charge in [-0.05, 0) is 55.0 Å². The summed E-state index contributed by atoms with van der Waals surface area (Å²) in [5, 5.41) is 4.33. The summed E-state index contributed by atoms with van der Waals surface area (Å²) in [6, 6.07) is 14.3. The first kappa shape index (κ1) is 18.7. The molecule has 0 saturated carbocycles. The Morgan fingerprint density at radius 3 is 2.39 bits per heavy atom. The van der Waals surface area contributed by atoms with Gasteiger partial charge < -0.3 is 9.80 Å². The second kappa shape index (κ2) is 8.14.